The molecule has 3 aromatic carbocycles. The lowest BCUT2D eigenvalue weighted by Crippen LogP contribution is -2.50. The number of para-hydroxylation sites is 1. The number of hydrogen-bond donors (Lipinski definition) is 2. The molecular weight excluding hydrogens is 458 g/mol. The molecule has 2 amide bonds. The largest absolute Gasteiger partial charge is 0.354 e. The number of hydrogen-bond acceptors (Lipinski definition) is 2. The molecule has 1 aliphatic heterocycles. The van der Waals surface area contributed by atoms with Crippen LogP contribution in [0.1, 0.15) is 72.1 Å². The minimum atomic E-state index is -0.605. The number of carbonyl (C=O) groups is 2. The van der Waals surface area contributed by atoms with Crippen LogP contribution in [0, 0.1) is 6.92 Å². The first kappa shape index (κ1) is 23.5. The molecule has 1 saturated carbocycles. The van der Waals surface area contributed by atoms with E-state index >= 15 is 0 Å². The van der Waals surface area contributed by atoms with Crippen LogP contribution < -0.4 is 5.32 Å². The maximum absolute atomic E-state index is 13.9. The molecule has 2 unspecified atom stereocenters. The smallest absolute Gasteiger partial charge is 0.255 e. The molecule has 2 aliphatic rings. The van der Waals surface area contributed by atoms with E-state index in [4.69, 9.17) is 0 Å². The third-order valence-electron chi connectivity index (χ3n) is 8.11. The lowest BCUT2D eigenvalue weighted by molar-refractivity contribution is -0.126. The Kier molecular flexibility index (Phi) is 6.07. The predicted octanol–water partition coefficient (Wildman–Crippen LogP) is 6.53. The topological polar surface area (TPSA) is 65.2 Å². The lowest BCUT2D eigenvalue weighted by atomic mass is 9.92. The molecule has 2 atom stereocenters. The Labute approximate surface area is 217 Å². The summed E-state index contributed by atoms with van der Waals surface area (Å²) in [6.45, 7) is 3.95. The first-order chi connectivity index (χ1) is 18.0. The van der Waals surface area contributed by atoms with Crippen molar-refractivity contribution in [2.75, 3.05) is 0 Å². The van der Waals surface area contributed by atoms with Gasteiger partial charge in [0.05, 0.1) is 11.7 Å². The number of aromatic amines is 1. The third-order valence-corrected chi connectivity index (χ3v) is 8.11. The highest BCUT2D eigenvalue weighted by molar-refractivity contribution is 6.04. The van der Waals surface area contributed by atoms with E-state index in [0.717, 1.165) is 59.0 Å². The number of nitrogens with one attached hydrogen (secondary N) is 2. The second-order valence-electron chi connectivity index (χ2n) is 10.5. The van der Waals surface area contributed by atoms with Gasteiger partial charge in [0.25, 0.3) is 5.91 Å². The Hall–Kier alpha value is -3.86. The van der Waals surface area contributed by atoms with Crippen molar-refractivity contribution in [3.63, 3.8) is 0 Å². The minimum absolute atomic E-state index is 0.0743. The van der Waals surface area contributed by atoms with Crippen molar-refractivity contribution in [2.45, 2.75) is 64.1 Å². The van der Waals surface area contributed by atoms with Crippen molar-refractivity contribution in [2.24, 2.45) is 0 Å². The van der Waals surface area contributed by atoms with Crippen LogP contribution in [0.3, 0.4) is 0 Å². The number of aryl methyl sites for hydroxylation is 1. The van der Waals surface area contributed by atoms with Crippen LogP contribution in [0.4, 0.5) is 0 Å². The van der Waals surface area contributed by atoms with E-state index in [1.807, 2.05) is 43.3 Å². The zero-order valence-corrected chi connectivity index (χ0v) is 21.5. The van der Waals surface area contributed by atoms with Crippen molar-refractivity contribution < 1.29 is 9.59 Å². The molecule has 37 heavy (non-hydrogen) atoms. The summed E-state index contributed by atoms with van der Waals surface area (Å²) in [4.78, 5) is 32.9. The number of amides is 2. The van der Waals surface area contributed by atoms with Gasteiger partial charge in [-0.3, -0.25) is 9.59 Å². The normalized spacial score (nSPS) is 18.7. The summed E-state index contributed by atoms with van der Waals surface area (Å²) in [6.07, 6.45) is 5.54. The molecule has 5 heteroatoms. The molecule has 2 N–H and O–H groups in total. The zero-order valence-electron chi connectivity index (χ0n) is 21.5. The number of rotatable bonds is 5. The summed E-state index contributed by atoms with van der Waals surface area (Å²) in [5.74, 6) is -0.165. The summed E-state index contributed by atoms with van der Waals surface area (Å²) in [7, 11) is 0. The number of carbonyl (C=O) groups excluding carboxylic acids is 2. The molecule has 0 saturated heterocycles. The van der Waals surface area contributed by atoms with Crippen LogP contribution in [-0.2, 0) is 4.79 Å². The van der Waals surface area contributed by atoms with Gasteiger partial charge >= 0.3 is 0 Å². The van der Waals surface area contributed by atoms with Crippen LogP contribution in [-0.4, -0.2) is 33.8 Å². The Balaban J connectivity index is 1.49. The maximum Gasteiger partial charge on any atom is 0.255 e. The van der Waals surface area contributed by atoms with Gasteiger partial charge < -0.3 is 15.2 Å². The van der Waals surface area contributed by atoms with Gasteiger partial charge in [-0.15, -0.1) is 0 Å². The van der Waals surface area contributed by atoms with Crippen LogP contribution >= 0.6 is 0 Å². The van der Waals surface area contributed by atoms with Gasteiger partial charge in [-0.2, -0.15) is 0 Å². The van der Waals surface area contributed by atoms with Gasteiger partial charge in [0.15, 0.2) is 0 Å². The van der Waals surface area contributed by atoms with Gasteiger partial charge in [-0.1, -0.05) is 85.5 Å². The molecule has 0 radical (unpaired) electrons. The summed E-state index contributed by atoms with van der Waals surface area (Å²) >= 11 is 0. The fraction of sp³-hybridized carbons (Fsp3) is 0.312. The number of fused-ring (bicyclic) bond motifs is 2. The van der Waals surface area contributed by atoms with Crippen molar-refractivity contribution in [3.8, 4) is 11.3 Å². The Morgan fingerprint density at radius 3 is 2.43 bits per heavy atom. The van der Waals surface area contributed by atoms with E-state index < -0.39 is 6.04 Å². The Morgan fingerprint density at radius 2 is 1.65 bits per heavy atom. The molecule has 0 spiro atoms. The van der Waals surface area contributed by atoms with Crippen LogP contribution in [0.2, 0.25) is 0 Å². The van der Waals surface area contributed by atoms with E-state index in [-0.39, 0.29) is 23.9 Å². The van der Waals surface area contributed by atoms with Crippen LogP contribution in [0.15, 0.2) is 72.8 Å². The van der Waals surface area contributed by atoms with E-state index in [9.17, 15) is 9.59 Å². The first-order valence-electron chi connectivity index (χ1n) is 13.4. The number of aromatic nitrogens is 1. The van der Waals surface area contributed by atoms with Gasteiger partial charge in [-0.05, 0) is 49.9 Å². The Bertz CT molecular complexity index is 1460. The summed E-state index contributed by atoms with van der Waals surface area (Å²) in [5, 5.41) is 4.32. The summed E-state index contributed by atoms with van der Waals surface area (Å²) in [6, 6.07) is 23.7. The van der Waals surface area contributed by atoms with E-state index in [1.54, 1.807) is 4.90 Å². The summed E-state index contributed by atoms with van der Waals surface area (Å²) in [5.41, 5.74) is 6.91. The van der Waals surface area contributed by atoms with Crippen molar-refractivity contribution >= 4 is 22.7 Å². The number of nitrogens with zero attached hydrogens (tertiary/aromatic N) is 1. The molecule has 1 fully saturated rings. The van der Waals surface area contributed by atoms with Crippen molar-refractivity contribution in [1.29, 1.82) is 0 Å². The lowest BCUT2D eigenvalue weighted by Gasteiger charge is -2.33. The monoisotopic (exact) mass is 491 g/mol. The highest BCUT2D eigenvalue weighted by Gasteiger charge is 2.44. The highest BCUT2D eigenvalue weighted by Crippen LogP contribution is 2.46. The molecule has 0 bridgehead atoms. The van der Waals surface area contributed by atoms with E-state index in [2.05, 4.69) is 53.6 Å². The molecule has 5 nitrogen and oxygen atoms in total. The fourth-order valence-corrected chi connectivity index (χ4v) is 6.12. The number of benzene rings is 3. The van der Waals surface area contributed by atoms with E-state index in [1.165, 1.54) is 12.0 Å². The van der Waals surface area contributed by atoms with Gasteiger partial charge in [-0.25, -0.2) is 0 Å². The molecule has 1 aliphatic carbocycles. The molecule has 1 aromatic heterocycles. The van der Waals surface area contributed by atoms with Gasteiger partial charge in [0.2, 0.25) is 5.91 Å². The molecule has 4 aromatic rings. The minimum Gasteiger partial charge on any atom is -0.354 e. The van der Waals surface area contributed by atoms with Crippen LogP contribution in [0.5, 0.6) is 0 Å². The first-order valence-corrected chi connectivity index (χ1v) is 13.4. The highest BCUT2D eigenvalue weighted by atomic mass is 16.2. The van der Waals surface area contributed by atoms with Crippen molar-refractivity contribution in [3.05, 3.63) is 95.1 Å². The average Bonchev–Trinajstić information content (AvgIpc) is 3.44. The molecule has 2 heterocycles. The quantitative estimate of drug-likeness (QED) is 0.334. The van der Waals surface area contributed by atoms with E-state index in [0.29, 0.717) is 5.56 Å². The Morgan fingerprint density at radius 1 is 0.946 bits per heavy atom. The SMILES string of the molecule is Cc1ccc(-c2[nH]c3ccccc3c2C2c3ccccc3C(=O)N2C(C)C(=O)NC2CCCCC2)cc1. The zero-order chi connectivity index (χ0) is 25.5. The molecule has 6 rings (SSSR count). The van der Waals surface area contributed by atoms with Crippen LogP contribution in [0.25, 0.3) is 22.2 Å². The average molecular weight is 492 g/mol. The van der Waals surface area contributed by atoms with Gasteiger partial charge in [0.1, 0.15) is 6.04 Å². The molecular formula is C32H33N3O2. The fourth-order valence-electron chi connectivity index (χ4n) is 6.12. The summed E-state index contributed by atoms with van der Waals surface area (Å²) < 4.78 is 0. The predicted molar refractivity (Wildman–Crippen MR) is 147 cm³/mol. The second kappa shape index (κ2) is 9.55. The van der Waals surface area contributed by atoms with Crippen molar-refractivity contribution in [1.82, 2.24) is 15.2 Å². The molecule has 188 valence electrons. The number of H-pyrrole nitrogens is 1. The maximum atomic E-state index is 13.9. The second-order valence-corrected chi connectivity index (χ2v) is 10.5. The third kappa shape index (κ3) is 4.12. The van der Waals surface area contributed by atoms with Gasteiger partial charge in [0, 0.05) is 28.1 Å². The standard InChI is InChI=1S/C32H33N3O2/c1-20-16-18-22(19-17-20)29-28(26-14-8-9-15-27(26)34-29)30-24-12-6-7-13-25(24)32(37)35(30)21(2)31(36)33-23-10-4-3-5-11-23/h6-9,12-19,21,23,30,34H,3-5,10-11H2,1-2H3,(H,33,36).